The van der Waals surface area contributed by atoms with Crippen molar-refractivity contribution in [3.05, 3.63) is 0 Å². The van der Waals surface area contributed by atoms with E-state index in [1.807, 2.05) is 6.92 Å². The standard InChI is InChI=1S/C6H11Cl3/c1-6(4-8,5-9)2-3-7/h2-5H2,1H3. The minimum atomic E-state index is 0.0326. The van der Waals surface area contributed by atoms with Crippen LogP contribution in [0.1, 0.15) is 13.3 Å². The van der Waals surface area contributed by atoms with E-state index in [1.165, 1.54) is 0 Å². The van der Waals surface area contributed by atoms with Crippen molar-refractivity contribution in [3.8, 4) is 0 Å². The van der Waals surface area contributed by atoms with Crippen molar-refractivity contribution in [3.63, 3.8) is 0 Å². The molecule has 0 unspecified atom stereocenters. The Bertz CT molecular complexity index is 68.7. The van der Waals surface area contributed by atoms with Gasteiger partial charge in [0.1, 0.15) is 0 Å². The first-order chi connectivity index (χ1) is 4.18. The largest absolute Gasteiger partial charge is 0.127 e. The minimum absolute atomic E-state index is 0.0326. The van der Waals surface area contributed by atoms with Crippen LogP contribution < -0.4 is 0 Å². The molecule has 0 aliphatic carbocycles. The average Bonchev–Trinajstić information content (AvgIpc) is 1.89. The van der Waals surface area contributed by atoms with Crippen molar-refractivity contribution < 1.29 is 0 Å². The third-order valence-electron chi connectivity index (χ3n) is 1.34. The summed E-state index contributed by atoms with van der Waals surface area (Å²) >= 11 is 16.8. The SMILES string of the molecule is CC(CCl)(CCl)CCCl. The number of halogens is 3. The summed E-state index contributed by atoms with van der Waals surface area (Å²) in [4.78, 5) is 0. The molecule has 0 atom stereocenters. The van der Waals surface area contributed by atoms with Gasteiger partial charge in [-0.3, -0.25) is 0 Å². The maximum Gasteiger partial charge on any atom is 0.0289 e. The quantitative estimate of drug-likeness (QED) is 0.596. The lowest BCUT2D eigenvalue weighted by Gasteiger charge is -2.22. The number of alkyl halides is 3. The van der Waals surface area contributed by atoms with Crippen LogP contribution in [-0.2, 0) is 0 Å². The molecule has 0 radical (unpaired) electrons. The lowest BCUT2D eigenvalue weighted by molar-refractivity contribution is 0.414. The summed E-state index contributed by atoms with van der Waals surface area (Å²) in [7, 11) is 0. The fraction of sp³-hybridized carbons (Fsp3) is 1.00. The molecule has 0 aromatic carbocycles. The zero-order chi connectivity index (χ0) is 7.33. The van der Waals surface area contributed by atoms with Crippen molar-refractivity contribution in [2.24, 2.45) is 5.41 Å². The van der Waals surface area contributed by atoms with E-state index in [-0.39, 0.29) is 5.41 Å². The third kappa shape index (κ3) is 3.54. The lowest BCUT2D eigenvalue weighted by atomic mass is 9.93. The topological polar surface area (TPSA) is 0 Å². The van der Waals surface area contributed by atoms with Gasteiger partial charge in [0.05, 0.1) is 0 Å². The van der Waals surface area contributed by atoms with Crippen molar-refractivity contribution in [1.82, 2.24) is 0 Å². The Hall–Kier alpha value is 0.870. The highest BCUT2D eigenvalue weighted by atomic mass is 35.5. The lowest BCUT2D eigenvalue weighted by Crippen LogP contribution is -2.20. The Morgan fingerprint density at radius 3 is 1.67 bits per heavy atom. The van der Waals surface area contributed by atoms with Crippen molar-refractivity contribution in [2.75, 3.05) is 17.6 Å². The van der Waals surface area contributed by atoms with Crippen LogP contribution >= 0.6 is 34.8 Å². The zero-order valence-corrected chi connectivity index (χ0v) is 7.73. The Morgan fingerprint density at radius 2 is 1.56 bits per heavy atom. The van der Waals surface area contributed by atoms with Gasteiger partial charge >= 0.3 is 0 Å². The second-order valence-corrected chi connectivity index (χ2v) is 3.43. The van der Waals surface area contributed by atoms with Gasteiger partial charge in [0.2, 0.25) is 0 Å². The molecular weight excluding hydrogens is 178 g/mol. The van der Waals surface area contributed by atoms with Crippen LogP contribution in [0, 0.1) is 5.41 Å². The highest BCUT2D eigenvalue weighted by molar-refractivity contribution is 6.21. The molecular formula is C6H11Cl3. The smallest absolute Gasteiger partial charge is 0.0289 e. The highest BCUT2D eigenvalue weighted by Gasteiger charge is 2.20. The van der Waals surface area contributed by atoms with Gasteiger partial charge in [0.25, 0.3) is 0 Å². The van der Waals surface area contributed by atoms with E-state index in [9.17, 15) is 0 Å². The molecule has 0 saturated carbocycles. The number of rotatable bonds is 4. The van der Waals surface area contributed by atoms with E-state index >= 15 is 0 Å². The second-order valence-electron chi connectivity index (χ2n) is 2.52. The molecule has 0 nitrogen and oxygen atoms in total. The highest BCUT2D eigenvalue weighted by Crippen LogP contribution is 2.24. The van der Waals surface area contributed by atoms with Crippen LogP contribution in [0.25, 0.3) is 0 Å². The summed E-state index contributed by atoms with van der Waals surface area (Å²) in [5.74, 6) is 1.81. The van der Waals surface area contributed by atoms with Gasteiger partial charge in [-0.1, -0.05) is 6.92 Å². The zero-order valence-electron chi connectivity index (χ0n) is 5.46. The summed E-state index contributed by atoms with van der Waals surface area (Å²) in [5, 5.41) is 0. The monoisotopic (exact) mass is 188 g/mol. The number of hydrogen-bond donors (Lipinski definition) is 0. The number of hydrogen-bond acceptors (Lipinski definition) is 0. The molecule has 0 aromatic heterocycles. The first kappa shape index (κ1) is 9.87. The molecule has 0 N–H and O–H groups in total. The fourth-order valence-electron chi connectivity index (χ4n) is 0.397. The van der Waals surface area contributed by atoms with Gasteiger partial charge in [-0.2, -0.15) is 0 Å². The minimum Gasteiger partial charge on any atom is -0.127 e. The van der Waals surface area contributed by atoms with E-state index in [1.54, 1.807) is 0 Å². The summed E-state index contributed by atoms with van der Waals surface area (Å²) in [6, 6.07) is 0. The van der Waals surface area contributed by atoms with Crippen LogP contribution in [0.2, 0.25) is 0 Å². The maximum absolute atomic E-state index is 5.64. The molecule has 56 valence electrons. The maximum atomic E-state index is 5.64. The fourth-order valence-corrected chi connectivity index (χ4v) is 1.41. The summed E-state index contributed by atoms with van der Waals surface area (Å²) in [6.07, 6.45) is 0.890. The molecule has 0 saturated heterocycles. The van der Waals surface area contributed by atoms with Crippen LogP contribution in [0.15, 0.2) is 0 Å². The van der Waals surface area contributed by atoms with Crippen molar-refractivity contribution in [2.45, 2.75) is 13.3 Å². The molecule has 0 amide bonds. The molecule has 0 aliphatic heterocycles. The molecule has 0 rings (SSSR count). The molecule has 3 heteroatoms. The second kappa shape index (κ2) is 4.65. The van der Waals surface area contributed by atoms with Crippen LogP contribution in [0.5, 0.6) is 0 Å². The van der Waals surface area contributed by atoms with Crippen LogP contribution in [-0.4, -0.2) is 17.6 Å². The predicted molar refractivity (Wildman–Crippen MR) is 44.9 cm³/mol. The van der Waals surface area contributed by atoms with Gasteiger partial charge in [0.15, 0.2) is 0 Å². The molecule has 0 heterocycles. The normalized spacial score (nSPS) is 12.0. The summed E-state index contributed by atoms with van der Waals surface area (Å²) in [5.41, 5.74) is 0.0326. The van der Waals surface area contributed by atoms with Crippen LogP contribution in [0.3, 0.4) is 0 Å². The van der Waals surface area contributed by atoms with Gasteiger partial charge in [-0.15, -0.1) is 34.8 Å². The molecule has 0 spiro atoms. The molecule has 0 aliphatic rings. The Balaban J connectivity index is 3.62. The Morgan fingerprint density at radius 1 is 1.11 bits per heavy atom. The van der Waals surface area contributed by atoms with Crippen molar-refractivity contribution >= 4 is 34.8 Å². The molecule has 0 aromatic rings. The van der Waals surface area contributed by atoms with E-state index in [2.05, 4.69) is 0 Å². The van der Waals surface area contributed by atoms with Crippen molar-refractivity contribution in [1.29, 1.82) is 0 Å². The van der Waals surface area contributed by atoms with Gasteiger partial charge in [0, 0.05) is 17.6 Å². The first-order valence-corrected chi connectivity index (χ1v) is 4.47. The van der Waals surface area contributed by atoms with E-state index in [0.717, 1.165) is 6.42 Å². The summed E-state index contributed by atoms with van der Waals surface area (Å²) in [6.45, 7) is 2.04. The molecule has 9 heavy (non-hydrogen) atoms. The third-order valence-corrected chi connectivity index (χ3v) is 2.82. The average molecular weight is 190 g/mol. The van der Waals surface area contributed by atoms with Gasteiger partial charge in [-0.25, -0.2) is 0 Å². The van der Waals surface area contributed by atoms with E-state index in [4.69, 9.17) is 34.8 Å². The predicted octanol–water partition coefficient (Wildman–Crippen LogP) is 3.10. The van der Waals surface area contributed by atoms with E-state index < -0.39 is 0 Å². The Kier molecular flexibility index (Phi) is 5.10. The first-order valence-electron chi connectivity index (χ1n) is 2.86. The molecule has 0 fully saturated rings. The van der Waals surface area contributed by atoms with Gasteiger partial charge < -0.3 is 0 Å². The molecule has 0 bridgehead atoms. The summed E-state index contributed by atoms with van der Waals surface area (Å²) < 4.78 is 0. The van der Waals surface area contributed by atoms with E-state index in [0.29, 0.717) is 17.6 Å². The van der Waals surface area contributed by atoms with Crippen LogP contribution in [0.4, 0.5) is 0 Å². The Labute approximate surface area is 71.5 Å². The van der Waals surface area contributed by atoms with Gasteiger partial charge in [-0.05, 0) is 11.8 Å².